The van der Waals surface area contributed by atoms with Gasteiger partial charge in [0.15, 0.2) is 5.78 Å². The SMILES string of the molecule is C#CCOc1cnc(C(C)=O)c(C)c1. The zero-order valence-corrected chi connectivity index (χ0v) is 8.20. The van der Waals surface area contributed by atoms with Gasteiger partial charge >= 0.3 is 0 Å². The minimum atomic E-state index is -0.0500. The molecule has 14 heavy (non-hydrogen) atoms. The Bertz CT molecular complexity index is 391. The second-order valence-electron chi connectivity index (χ2n) is 2.89. The molecule has 0 aromatic carbocycles. The summed E-state index contributed by atoms with van der Waals surface area (Å²) in [6.45, 7) is 3.50. The van der Waals surface area contributed by atoms with Crippen LogP contribution in [0.25, 0.3) is 0 Å². The highest BCUT2D eigenvalue weighted by Gasteiger charge is 2.06. The lowest BCUT2D eigenvalue weighted by Crippen LogP contribution is -2.02. The smallest absolute Gasteiger partial charge is 0.178 e. The van der Waals surface area contributed by atoms with Gasteiger partial charge in [0, 0.05) is 6.92 Å². The molecule has 0 aliphatic heterocycles. The van der Waals surface area contributed by atoms with Crippen LogP contribution in [-0.4, -0.2) is 17.4 Å². The number of Topliss-reactive ketones (excluding diaryl/α,β-unsaturated/α-hetero) is 1. The summed E-state index contributed by atoms with van der Waals surface area (Å²) in [4.78, 5) is 15.0. The van der Waals surface area contributed by atoms with E-state index in [0.29, 0.717) is 11.4 Å². The fraction of sp³-hybridized carbons (Fsp3) is 0.273. The molecule has 0 atom stereocenters. The van der Waals surface area contributed by atoms with Crippen LogP contribution in [0.5, 0.6) is 5.75 Å². The van der Waals surface area contributed by atoms with Crippen LogP contribution in [0.2, 0.25) is 0 Å². The van der Waals surface area contributed by atoms with E-state index < -0.39 is 0 Å². The highest BCUT2D eigenvalue weighted by atomic mass is 16.5. The Morgan fingerprint density at radius 3 is 2.93 bits per heavy atom. The van der Waals surface area contributed by atoms with Crippen molar-refractivity contribution in [2.45, 2.75) is 13.8 Å². The van der Waals surface area contributed by atoms with Crippen molar-refractivity contribution < 1.29 is 9.53 Å². The second kappa shape index (κ2) is 4.43. The lowest BCUT2D eigenvalue weighted by Gasteiger charge is -2.04. The van der Waals surface area contributed by atoms with Crippen molar-refractivity contribution in [2.75, 3.05) is 6.61 Å². The van der Waals surface area contributed by atoms with Gasteiger partial charge in [0.25, 0.3) is 0 Å². The molecule has 0 spiro atoms. The Labute approximate surface area is 83.1 Å². The molecular weight excluding hydrogens is 178 g/mol. The first-order chi connectivity index (χ1) is 6.65. The quantitative estimate of drug-likeness (QED) is 0.535. The molecule has 0 saturated carbocycles. The van der Waals surface area contributed by atoms with E-state index in [2.05, 4.69) is 10.9 Å². The van der Waals surface area contributed by atoms with Crippen LogP contribution in [0.15, 0.2) is 12.3 Å². The van der Waals surface area contributed by atoms with E-state index in [1.165, 1.54) is 13.1 Å². The van der Waals surface area contributed by atoms with Gasteiger partial charge < -0.3 is 4.74 Å². The molecule has 1 aromatic heterocycles. The lowest BCUT2D eigenvalue weighted by atomic mass is 10.1. The van der Waals surface area contributed by atoms with E-state index in [0.717, 1.165) is 5.56 Å². The van der Waals surface area contributed by atoms with E-state index in [9.17, 15) is 4.79 Å². The first kappa shape index (κ1) is 10.3. The predicted molar refractivity (Wildman–Crippen MR) is 53.3 cm³/mol. The summed E-state index contributed by atoms with van der Waals surface area (Å²) >= 11 is 0. The largest absolute Gasteiger partial charge is 0.479 e. The third kappa shape index (κ3) is 2.33. The standard InChI is InChI=1S/C11H11NO2/c1-4-5-14-10-6-8(2)11(9(3)13)12-7-10/h1,6-7H,5H2,2-3H3. The fourth-order valence-corrected chi connectivity index (χ4v) is 1.12. The Balaban J connectivity index is 2.90. The van der Waals surface area contributed by atoms with Crippen LogP contribution in [0.3, 0.4) is 0 Å². The molecule has 1 aromatic rings. The van der Waals surface area contributed by atoms with Crippen molar-refractivity contribution in [3.8, 4) is 18.1 Å². The van der Waals surface area contributed by atoms with Crippen LogP contribution < -0.4 is 4.74 Å². The number of nitrogens with zero attached hydrogens (tertiary/aromatic N) is 1. The van der Waals surface area contributed by atoms with Gasteiger partial charge in [0.2, 0.25) is 0 Å². The topological polar surface area (TPSA) is 39.2 Å². The van der Waals surface area contributed by atoms with Crippen molar-refractivity contribution in [3.63, 3.8) is 0 Å². The van der Waals surface area contributed by atoms with E-state index in [1.54, 1.807) is 6.07 Å². The van der Waals surface area contributed by atoms with E-state index in [4.69, 9.17) is 11.2 Å². The molecule has 0 unspecified atom stereocenters. The van der Waals surface area contributed by atoms with Crippen LogP contribution in [-0.2, 0) is 0 Å². The summed E-state index contributed by atoms with van der Waals surface area (Å²) in [5.41, 5.74) is 1.27. The van der Waals surface area contributed by atoms with Crippen molar-refractivity contribution >= 4 is 5.78 Å². The first-order valence-electron chi connectivity index (χ1n) is 4.19. The van der Waals surface area contributed by atoms with Gasteiger partial charge in [-0.2, -0.15) is 0 Å². The number of ketones is 1. The third-order valence-electron chi connectivity index (χ3n) is 1.71. The molecule has 0 fully saturated rings. The number of aromatic nitrogens is 1. The predicted octanol–water partition coefficient (Wildman–Crippen LogP) is 1.60. The summed E-state index contributed by atoms with van der Waals surface area (Å²) in [5.74, 6) is 2.89. The van der Waals surface area contributed by atoms with Gasteiger partial charge in [-0.3, -0.25) is 4.79 Å². The molecule has 1 rings (SSSR count). The van der Waals surface area contributed by atoms with E-state index >= 15 is 0 Å². The summed E-state index contributed by atoms with van der Waals surface area (Å²) in [5, 5.41) is 0. The van der Waals surface area contributed by atoms with E-state index in [-0.39, 0.29) is 12.4 Å². The van der Waals surface area contributed by atoms with Crippen LogP contribution in [0.4, 0.5) is 0 Å². The molecule has 3 nitrogen and oxygen atoms in total. The Hall–Kier alpha value is -1.82. The normalized spacial score (nSPS) is 9.21. The maximum atomic E-state index is 11.1. The van der Waals surface area contributed by atoms with Crippen molar-refractivity contribution in [3.05, 3.63) is 23.5 Å². The Morgan fingerprint density at radius 1 is 1.71 bits per heavy atom. The maximum Gasteiger partial charge on any atom is 0.178 e. The molecule has 3 heteroatoms. The van der Waals surface area contributed by atoms with Gasteiger partial charge in [-0.25, -0.2) is 4.98 Å². The number of rotatable bonds is 3. The molecule has 72 valence electrons. The summed E-state index contributed by atoms with van der Waals surface area (Å²) in [6, 6.07) is 1.75. The van der Waals surface area contributed by atoms with Gasteiger partial charge in [-0.15, -0.1) is 6.42 Å². The summed E-state index contributed by atoms with van der Waals surface area (Å²) in [7, 11) is 0. The van der Waals surface area contributed by atoms with Gasteiger partial charge in [-0.05, 0) is 18.6 Å². The van der Waals surface area contributed by atoms with Crippen LogP contribution >= 0.6 is 0 Å². The number of ether oxygens (including phenoxy) is 1. The molecule has 1 heterocycles. The summed E-state index contributed by atoms with van der Waals surface area (Å²) in [6.07, 6.45) is 6.54. The Kier molecular flexibility index (Phi) is 3.24. The van der Waals surface area contributed by atoms with Crippen LogP contribution in [0, 0.1) is 19.3 Å². The Morgan fingerprint density at radius 2 is 2.43 bits per heavy atom. The average Bonchev–Trinajstić information content (AvgIpc) is 2.14. The number of carbonyl (C=O) groups excluding carboxylic acids is 1. The number of hydrogen-bond acceptors (Lipinski definition) is 3. The summed E-state index contributed by atoms with van der Waals surface area (Å²) < 4.78 is 5.16. The zero-order valence-electron chi connectivity index (χ0n) is 8.20. The highest BCUT2D eigenvalue weighted by molar-refractivity contribution is 5.93. The zero-order chi connectivity index (χ0) is 10.6. The molecule has 0 aliphatic carbocycles. The van der Waals surface area contributed by atoms with Gasteiger partial charge in [0.05, 0.1) is 6.20 Å². The van der Waals surface area contributed by atoms with Crippen LogP contribution in [0.1, 0.15) is 23.0 Å². The lowest BCUT2D eigenvalue weighted by molar-refractivity contribution is 0.101. The molecule has 0 bridgehead atoms. The molecular formula is C11H11NO2. The number of aryl methyl sites for hydroxylation is 1. The highest BCUT2D eigenvalue weighted by Crippen LogP contribution is 2.14. The molecule has 0 radical (unpaired) electrons. The third-order valence-corrected chi connectivity index (χ3v) is 1.71. The monoisotopic (exact) mass is 189 g/mol. The number of carbonyl (C=O) groups is 1. The molecule has 0 aliphatic rings. The van der Waals surface area contributed by atoms with Gasteiger partial charge in [-0.1, -0.05) is 5.92 Å². The number of pyridine rings is 1. The fourth-order valence-electron chi connectivity index (χ4n) is 1.12. The number of terminal acetylenes is 1. The second-order valence-corrected chi connectivity index (χ2v) is 2.89. The minimum absolute atomic E-state index is 0.0500. The average molecular weight is 189 g/mol. The molecule has 0 amide bonds. The first-order valence-corrected chi connectivity index (χ1v) is 4.19. The molecule has 0 N–H and O–H groups in total. The minimum Gasteiger partial charge on any atom is -0.479 e. The number of hydrogen-bond donors (Lipinski definition) is 0. The van der Waals surface area contributed by atoms with Crippen molar-refractivity contribution in [2.24, 2.45) is 0 Å². The van der Waals surface area contributed by atoms with Crippen molar-refractivity contribution in [1.29, 1.82) is 0 Å². The van der Waals surface area contributed by atoms with Crippen molar-refractivity contribution in [1.82, 2.24) is 4.98 Å². The maximum absolute atomic E-state index is 11.1. The van der Waals surface area contributed by atoms with E-state index in [1.807, 2.05) is 6.92 Å². The molecule has 0 saturated heterocycles. The van der Waals surface area contributed by atoms with Gasteiger partial charge in [0.1, 0.15) is 18.1 Å².